The molecule has 0 radical (unpaired) electrons. The van der Waals surface area contributed by atoms with Crippen molar-refractivity contribution in [2.24, 2.45) is 5.41 Å². The lowest BCUT2D eigenvalue weighted by molar-refractivity contribution is -0.145. The van der Waals surface area contributed by atoms with Crippen LogP contribution in [0.1, 0.15) is 51.2 Å². The maximum absolute atomic E-state index is 13.8. The molecule has 0 saturated carbocycles. The van der Waals surface area contributed by atoms with E-state index in [0.717, 1.165) is 22.8 Å². The first-order valence-corrected chi connectivity index (χ1v) is 14.4. The molecule has 0 spiro atoms. The second-order valence-corrected chi connectivity index (χ2v) is 11.8. The molecule has 1 aliphatic heterocycles. The van der Waals surface area contributed by atoms with Crippen LogP contribution in [0.3, 0.4) is 0 Å². The van der Waals surface area contributed by atoms with Gasteiger partial charge < -0.3 is 20.9 Å². The summed E-state index contributed by atoms with van der Waals surface area (Å²) in [5.41, 5.74) is 0.941. The maximum Gasteiger partial charge on any atom is 0.243 e. The van der Waals surface area contributed by atoms with E-state index in [-0.39, 0.29) is 23.5 Å². The van der Waals surface area contributed by atoms with E-state index in [1.54, 1.807) is 23.1 Å². The zero-order valence-electron chi connectivity index (χ0n) is 24.2. The SMILES string of the molecule is CC(C)(C)C(=O)N1CCC[C@H]1C(=O)N[C@H](Cc1ccc2ccccc2c1)C(=O)NCCCNCc1ccccc1F. The third kappa shape index (κ3) is 8.13. The van der Waals surface area contributed by atoms with Gasteiger partial charge in [0.2, 0.25) is 17.7 Å². The minimum atomic E-state index is -0.790. The van der Waals surface area contributed by atoms with Crippen molar-refractivity contribution in [3.63, 3.8) is 0 Å². The van der Waals surface area contributed by atoms with E-state index in [0.29, 0.717) is 51.0 Å². The number of hydrogen-bond donors (Lipinski definition) is 3. The molecule has 1 saturated heterocycles. The van der Waals surface area contributed by atoms with Gasteiger partial charge in [-0.25, -0.2) is 4.39 Å². The van der Waals surface area contributed by atoms with Gasteiger partial charge in [-0.05, 0) is 48.2 Å². The van der Waals surface area contributed by atoms with Gasteiger partial charge >= 0.3 is 0 Å². The van der Waals surface area contributed by atoms with Gasteiger partial charge in [0, 0.05) is 37.0 Å². The highest BCUT2D eigenvalue weighted by molar-refractivity contribution is 5.93. The molecule has 7 nitrogen and oxygen atoms in total. The van der Waals surface area contributed by atoms with Crippen molar-refractivity contribution in [3.05, 3.63) is 83.7 Å². The molecule has 4 rings (SSSR count). The Morgan fingerprint density at radius 2 is 1.71 bits per heavy atom. The molecule has 2 atom stereocenters. The van der Waals surface area contributed by atoms with Crippen LogP contribution in [-0.4, -0.2) is 54.3 Å². The van der Waals surface area contributed by atoms with Crippen molar-refractivity contribution in [1.29, 1.82) is 0 Å². The third-order valence-corrected chi connectivity index (χ3v) is 7.45. The van der Waals surface area contributed by atoms with Crippen LogP contribution in [0, 0.1) is 11.2 Å². The normalized spacial score (nSPS) is 16.0. The van der Waals surface area contributed by atoms with Crippen LogP contribution < -0.4 is 16.0 Å². The topological polar surface area (TPSA) is 90.5 Å². The Morgan fingerprint density at radius 1 is 0.976 bits per heavy atom. The molecule has 1 aliphatic rings. The van der Waals surface area contributed by atoms with E-state index < -0.39 is 17.5 Å². The van der Waals surface area contributed by atoms with Crippen LogP contribution in [0.4, 0.5) is 4.39 Å². The Balaban J connectivity index is 1.39. The molecule has 218 valence electrons. The molecule has 8 heteroatoms. The molecule has 3 aromatic carbocycles. The van der Waals surface area contributed by atoms with E-state index in [2.05, 4.69) is 16.0 Å². The second-order valence-electron chi connectivity index (χ2n) is 11.8. The van der Waals surface area contributed by atoms with Gasteiger partial charge in [-0.15, -0.1) is 0 Å². The predicted molar refractivity (Wildman–Crippen MR) is 160 cm³/mol. The van der Waals surface area contributed by atoms with Crippen LogP contribution in [-0.2, 0) is 27.3 Å². The summed E-state index contributed by atoms with van der Waals surface area (Å²) < 4.78 is 13.8. The Morgan fingerprint density at radius 3 is 2.46 bits per heavy atom. The van der Waals surface area contributed by atoms with Crippen LogP contribution >= 0.6 is 0 Å². The smallest absolute Gasteiger partial charge is 0.243 e. The van der Waals surface area contributed by atoms with Gasteiger partial charge in [0.25, 0.3) is 0 Å². The maximum atomic E-state index is 13.8. The van der Waals surface area contributed by atoms with Crippen LogP contribution in [0.15, 0.2) is 66.7 Å². The monoisotopic (exact) mass is 560 g/mol. The first kappa shape index (κ1) is 30.2. The van der Waals surface area contributed by atoms with Crippen molar-refractivity contribution in [2.45, 2.75) is 65.1 Å². The van der Waals surface area contributed by atoms with Crippen LogP contribution in [0.5, 0.6) is 0 Å². The predicted octanol–water partition coefficient (Wildman–Crippen LogP) is 4.34. The zero-order valence-corrected chi connectivity index (χ0v) is 24.2. The largest absolute Gasteiger partial charge is 0.354 e. The van der Waals surface area contributed by atoms with E-state index in [1.807, 2.05) is 63.2 Å². The van der Waals surface area contributed by atoms with E-state index >= 15 is 0 Å². The van der Waals surface area contributed by atoms with Gasteiger partial charge in [0.1, 0.15) is 17.9 Å². The fourth-order valence-corrected chi connectivity index (χ4v) is 5.20. The average Bonchev–Trinajstić information content (AvgIpc) is 3.44. The van der Waals surface area contributed by atoms with Crippen LogP contribution in [0.2, 0.25) is 0 Å². The van der Waals surface area contributed by atoms with Gasteiger partial charge in [-0.2, -0.15) is 0 Å². The number of carbonyl (C=O) groups excluding carboxylic acids is 3. The lowest BCUT2D eigenvalue weighted by Gasteiger charge is -2.31. The number of halogens is 1. The van der Waals surface area contributed by atoms with Crippen molar-refractivity contribution in [3.8, 4) is 0 Å². The Hall–Kier alpha value is -3.78. The number of nitrogens with one attached hydrogen (secondary N) is 3. The van der Waals surface area contributed by atoms with Gasteiger partial charge in [0.05, 0.1) is 0 Å². The molecule has 1 fully saturated rings. The van der Waals surface area contributed by atoms with E-state index in [9.17, 15) is 18.8 Å². The number of rotatable bonds is 11. The Labute approximate surface area is 241 Å². The molecule has 0 unspecified atom stereocenters. The molecule has 3 amide bonds. The summed E-state index contributed by atoms with van der Waals surface area (Å²) in [7, 11) is 0. The van der Waals surface area contributed by atoms with E-state index in [1.165, 1.54) is 6.07 Å². The first-order valence-electron chi connectivity index (χ1n) is 14.4. The highest BCUT2D eigenvalue weighted by Crippen LogP contribution is 2.26. The summed E-state index contributed by atoms with van der Waals surface area (Å²) in [6.45, 7) is 7.51. The Kier molecular flexibility index (Phi) is 10.1. The number of fused-ring (bicyclic) bond motifs is 1. The van der Waals surface area contributed by atoms with Gasteiger partial charge in [-0.3, -0.25) is 14.4 Å². The molecular formula is C33H41FN4O3. The average molecular weight is 561 g/mol. The molecule has 3 N–H and O–H groups in total. The Bertz CT molecular complexity index is 1370. The fraction of sp³-hybridized carbons (Fsp3) is 0.424. The van der Waals surface area contributed by atoms with Gasteiger partial charge in [-0.1, -0.05) is 81.4 Å². The van der Waals surface area contributed by atoms with E-state index in [4.69, 9.17) is 0 Å². The molecular weight excluding hydrogens is 519 g/mol. The van der Waals surface area contributed by atoms with Crippen LogP contribution in [0.25, 0.3) is 10.8 Å². The molecule has 0 aliphatic carbocycles. The third-order valence-electron chi connectivity index (χ3n) is 7.45. The number of hydrogen-bond acceptors (Lipinski definition) is 4. The van der Waals surface area contributed by atoms with Crippen molar-refractivity contribution in [2.75, 3.05) is 19.6 Å². The van der Waals surface area contributed by atoms with Crippen molar-refractivity contribution < 1.29 is 18.8 Å². The molecule has 0 bridgehead atoms. The summed E-state index contributed by atoms with van der Waals surface area (Å²) in [5, 5.41) is 11.3. The van der Waals surface area contributed by atoms with Crippen molar-refractivity contribution in [1.82, 2.24) is 20.9 Å². The zero-order chi connectivity index (χ0) is 29.4. The summed E-state index contributed by atoms with van der Waals surface area (Å²) in [6.07, 6.45) is 2.30. The summed E-state index contributed by atoms with van der Waals surface area (Å²) >= 11 is 0. The number of likely N-dealkylation sites (tertiary alicyclic amines) is 1. The lowest BCUT2D eigenvalue weighted by atomic mass is 9.94. The molecule has 1 heterocycles. The first-order chi connectivity index (χ1) is 19.6. The summed E-state index contributed by atoms with van der Waals surface area (Å²) in [5.74, 6) is -0.876. The highest BCUT2D eigenvalue weighted by Gasteiger charge is 2.39. The summed E-state index contributed by atoms with van der Waals surface area (Å²) in [4.78, 5) is 41.5. The van der Waals surface area contributed by atoms with Gasteiger partial charge in [0.15, 0.2) is 0 Å². The molecule has 0 aromatic heterocycles. The molecule has 3 aromatic rings. The number of amides is 3. The lowest BCUT2D eigenvalue weighted by Crippen LogP contribution is -2.55. The number of nitrogens with zero attached hydrogens (tertiary/aromatic N) is 1. The van der Waals surface area contributed by atoms with Crippen molar-refractivity contribution >= 4 is 28.5 Å². The highest BCUT2D eigenvalue weighted by atomic mass is 19.1. The number of benzene rings is 3. The quantitative estimate of drug-likeness (QED) is 0.305. The minimum absolute atomic E-state index is 0.0615. The minimum Gasteiger partial charge on any atom is -0.354 e. The second kappa shape index (κ2) is 13.7. The fourth-order valence-electron chi connectivity index (χ4n) is 5.20. The number of carbonyl (C=O) groups is 3. The standard InChI is InChI=1S/C33H41FN4O3/c1-33(2,3)32(41)38-19-8-14-29(38)31(40)37-28(21-23-15-16-24-10-4-5-11-25(24)20-23)30(39)36-18-9-17-35-22-26-12-6-7-13-27(26)34/h4-7,10-13,15-16,20,28-29,35H,8-9,14,17-19,21-22H2,1-3H3,(H,36,39)(H,37,40)/t28-,29+/m1/s1. The molecule has 41 heavy (non-hydrogen) atoms. The summed E-state index contributed by atoms with van der Waals surface area (Å²) in [6, 6.07) is 19.3.